The molecule has 9 N–H and O–H groups in total. The van der Waals surface area contributed by atoms with Gasteiger partial charge in [-0.1, -0.05) is 48.5 Å². The number of benzene rings is 2. The minimum Gasteiger partial charge on any atom is -0.480 e. The van der Waals surface area contributed by atoms with Crippen molar-refractivity contribution < 1.29 is 29.4 Å². The Balaban J connectivity index is 1.58. The predicted molar refractivity (Wildman–Crippen MR) is 158 cm³/mol. The van der Waals surface area contributed by atoms with E-state index in [0.717, 1.165) is 22.0 Å². The van der Waals surface area contributed by atoms with E-state index in [9.17, 15) is 29.4 Å². The van der Waals surface area contributed by atoms with Gasteiger partial charge in [-0.3, -0.25) is 14.4 Å². The van der Waals surface area contributed by atoms with Crippen LogP contribution in [0.25, 0.3) is 10.9 Å². The molecule has 4 rings (SSSR count). The summed E-state index contributed by atoms with van der Waals surface area (Å²) in [5, 5.41) is 27.8. The average molecular weight is 590 g/mol. The molecule has 0 spiro atoms. The largest absolute Gasteiger partial charge is 0.480 e. The molecule has 5 atom stereocenters. The highest BCUT2D eigenvalue weighted by molar-refractivity contribution is 5.95. The lowest BCUT2D eigenvalue weighted by molar-refractivity contribution is -0.145. The number of hydrogen-bond acceptors (Lipinski definition) is 7. The molecule has 0 saturated heterocycles. The van der Waals surface area contributed by atoms with E-state index in [0.29, 0.717) is 5.69 Å². The van der Waals surface area contributed by atoms with Crippen molar-refractivity contribution in [2.75, 3.05) is 0 Å². The average Bonchev–Trinajstić information content (AvgIpc) is 3.65. The number of carboxylic acid groups (broad SMARTS) is 1. The molecular formula is C30H35N7O6. The van der Waals surface area contributed by atoms with Crippen LogP contribution in [-0.4, -0.2) is 79.1 Å². The van der Waals surface area contributed by atoms with Crippen LogP contribution in [-0.2, 0) is 38.4 Å². The third kappa shape index (κ3) is 8.27. The van der Waals surface area contributed by atoms with Crippen molar-refractivity contribution in [3.05, 3.63) is 90.1 Å². The van der Waals surface area contributed by atoms with Gasteiger partial charge < -0.3 is 41.9 Å². The first-order valence-electron chi connectivity index (χ1n) is 13.8. The molecule has 13 nitrogen and oxygen atoms in total. The summed E-state index contributed by atoms with van der Waals surface area (Å²) < 4.78 is 0. The van der Waals surface area contributed by atoms with Crippen LogP contribution in [0.1, 0.15) is 23.7 Å². The number of amides is 3. The number of H-pyrrole nitrogens is 2. The van der Waals surface area contributed by atoms with Gasteiger partial charge in [0.2, 0.25) is 17.7 Å². The van der Waals surface area contributed by atoms with Crippen LogP contribution in [0.5, 0.6) is 0 Å². The number of nitrogens with one attached hydrogen (secondary N) is 5. The molecule has 0 saturated carbocycles. The van der Waals surface area contributed by atoms with Crippen molar-refractivity contribution in [1.82, 2.24) is 30.9 Å². The fourth-order valence-electron chi connectivity index (χ4n) is 4.71. The standard InChI is InChI=1S/C30H35N7O6/c1-17(38)26(30(42)43)37-29(41)25(13-20-15-32-16-34-20)36-28(40)24(12-19-14-33-23-10-6-5-9-21(19)23)35-27(39)22(31)11-18-7-3-2-4-8-18/h2-10,14-17,22,24-26,33,38H,11-13,31H2,1H3,(H,32,34)(H,35,39)(H,36,40)(H,37,41)(H,42,43). The van der Waals surface area contributed by atoms with E-state index in [1.165, 1.54) is 19.4 Å². The topological polar surface area (TPSA) is 215 Å². The van der Waals surface area contributed by atoms with Crippen LogP contribution < -0.4 is 21.7 Å². The number of nitrogens with two attached hydrogens (primary N) is 1. The summed E-state index contributed by atoms with van der Waals surface area (Å²) in [5.41, 5.74) is 9.15. The number of aliphatic hydroxyl groups excluding tert-OH is 1. The number of imidazole rings is 1. The zero-order valence-corrected chi connectivity index (χ0v) is 23.5. The summed E-state index contributed by atoms with van der Waals surface area (Å²) in [6.07, 6.45) is 3.46. The van der Waals surface area contributed by atoms with Crippen molar-refractivity contribution in [2.45, 2.75) is 56.5 Å². The summed E-state index contributed by atoms with van der Waals surface area (Å²) in [5.74, 6) is -3.52. The van der Waals surface area contributed by atoms with Gasteiger partial charge in [-0.05, 0) is 30.5 Å². The van der Waals surface area contributed by atoms with Gasteiger partial charge in [0, 0.05) is 41.8 Å². The maximum atomic E-state index is 13.8. The molecule has 2 aromatic heterocycles. The Hall–Kier alpha value is -5.01. The molecule has 0 aliphatic carbocycles. The maximum Gasteiger partial charge on any atom is 0.328 e. The Morgan fingerprint density at radius 1 is 0.860 bits per heavy atom. The van der Waals surface area contributed by atoms with E-state index in [1.807, 2.05) is 54.6 Å². The number of aliphatic carboxylic acids is 1. The van der Waals surface area contributed by atoms with E-state index >= 15 is 0 Å². The van der Waals surface area contributed by atoms with Gasteiger partial charge in [0.15, 0.2) is 6.04 Å². The zero-order chi connectivity index (χ0) is 30.9. The molecule has 13 heteroatoms. The van der Waals surface area contributed by atoms with Crippen molar-refractivity contribution >= 4 is 34.6 Å². The predicted octanol–water partition coefficient (Wildman–Crippen LogP) is 0.166. The number of para-hydroxylation sites is 1. The van der Waals surface area contributed by atoms with Crippen molar-refractivity contribution in [3.63, 3.8) is 0 Å². The molecule has 43 heavy (non-hydrogen) atoms. The fourth-order valence-corrected chi connectivity index (χ4v) is 4.71. The summed E-state index contributed by atoms with van der Waals surface area (Å²) in [6.45, 7) is 1.23. The summed E-state index contributed by atoms with van der Waals surface area (Å²) in [6, 6.07) is 11.7. The second-order valence-electron chi connectivity index (χ2n) is 10.3. The number of fused-ring (bicyclic) bond motifs is 1. The smallest absolute Gasteiger partial charge is 0.328 e. The summed E-state index contributed by atoms with van der Waals surface area (Å²) >= 11 is 0. The third-order valence-electron chi connectivity index (χ3n) is 7.03. The fraction of sp³-hybridized carbons (Fsp3) is 0.300. The number of aliphatic hydroxyl groups is 1. The van der Waals surface area contributed by atoms with Gasteiger partial charge >= 0.3 is 5.97 Å². The van der Waals surface area contributed by atoms with E-state index in [4.69, 9.17) is 5.73 Å². The Labute approximate surface area is 247 Å². The Kier molecular flexibility index (Phi) is 10.3. The van der Waals surface area contributed by atoms with Crippen LogP contribution in [0.4, 0.5) is 0 Å². The number of aromatic amines is 2. The number of rotatable bonds is 14. The number of aromatic nitrogens is 3. The number of carbonyl (C=O) groups is 4. The van der Waals surface area contributed by atoms with Crippen molar-refractivity contribution in [2.24, 2.45) is 5.73 Å². The van der Waals surface area contributed by atoms with Crippen molar-refractivity contribution in [3.8, 4) is 0 Å². The number of carbonyl (C=O) groups excluding carboxylic acids is 3. The second kappa shape index (κ2) is 14.2. The van der Waals surface area contributed by atoms with Crippen LogP contribution in [0.3, 0.4) is 0 Å². The lowest BCUT2D eigenvalue weighted by atomic mass is 10.0. The molecule has 226 valence electrons. The lowest BCUT2D eigenvalue weighted by Gasteiger charge is -2.25. The SMILES string of the molecule is CC(O)C(NC(=O)C(Cc1cnc[nH]1)NC(=O)C(Cc1c[nH]c2ccccc12)NC(=O)C(N)Cc1ccccc1)C(=O)O. The highest BCUT2D eigenvalue weighted by atomic mass is 16.4. The molecule has 3 amide bonds. The maximum absolute atomic E-state index is 13.8. The molecule has 0 bridgehead atoms. The Bertz CT molecular complexity index is 1540. The lowest BCUT2D eigenvalue weighted by Crippen LogP contribution is -2.59. The first-order chi connectivity index (χ1) is 20.6. The molecule has 5 unspecified atom stereocenters. The number of hydrogen-bond donors (Lipinski definition) is 8. The van der Waals surface area contributed by atoms with Gasteiger partial charge in [0.1, 0.15) is 12.1 Å². The third-order valence-corrected chi connectivity index (χ3v) is 7.03. The molecule has 2 heterocycles. The molecule has 0 fully saturated rings. The first kappa shape index (κ1) is 30.9. The Morgan fingerprint density at radius 3 is 2.19 bits per heavy atom. The zero-order valence-electron chi connectivity index (χ0n) is 23.5. The molecule has 2 aromatic carbocycles. The molecule has 0 aliphatic rings. The van der Waals surface area contributed by atoms with Gasteiger partial charge in [-0.15, -0.1) is 0 Å². The van der Waals surface area contributed by atoms with Crippen molar-refractivity contribution in [1.29, 1.82) is 0 Å². The molecular weight excluding hydrogens is 554 g/mol. The molecule has 4 aromatic rings. The summed E-state index contributed by atoms with van der Waals surface area (Å²) in [7, 11) is 0. The van der Waals surface area contributed by atoms with Crippen LogP contribution in [0.2, 0.25) is 0 Å². The quantitative estimate of drug-likeness (QED) is 0.101. The second-order valence-corrected chi connectivity index (χ2v) is 10.3. The highest BCUT2D eigenvalue weighted by Gasteiger charge is 2.32. The monoisotopic (exact) mass is 589 g/mol. The van der Waals surface area contributed by atoms with Crippen LogP contribution in [0, 0.1) is 0 Å². The van der Waals surface area contributed by atoms with Gasteiger partial charge in [0.25, 0.3) is 0 Å². The number of nitrogens with zero attached hydrogens (tertiary/aromatic N) is 1. The highest BCUT2D eigenvalue weighted by Crippen LogP contribution is 2.19. The van der Waals surface area contributed by atoms with Gasteiger partial charge in [-0.25, -0.2) is 9.78 Å². The summed E-state index contributed by atoms with van der Waals surface area (Å²) in [4.78, 5) is 61.7. The van der Waals surface area contributed by atoms with E-state index in [2.05, 4.69) is 30.9 Å². The van der Waals surface area contributed by atoms with Gasteiger partial charge in [-0.2, -0.15) is 0 Å². The van der Waals surface area contributed by atoms with E-state index in [-0.39, 0.29) is 19.3 Å². The van der Waals surface area contributed by atoms with E-state index < -0.39 is 54.0 Å². The molecule has 0 radical (unpaired) electrons. The Morgan fingerprint density at radius 2 is 1.51 bits per heavy atom. The molecule has 0 aliphatic heterocycles. The van der Waals surface area contributed by atoms with E-state index in [1.54, 1.807) is 6.20 Å². The number of carboxylic acids is 1. The van der Waals surface area contributed by atoms with Crippen LogP contribution >= 0.6 is 0 Å². The first-order valence-corrected chi connectivity index (χ1v) is 13.8. The van der Waals surface area contributed by atoms with Crippen LogP contribution in [0.15, 0.2) is 73.3 Å². The minimum atomic E-state index is -1.61. The van der Waals surface area contributed by atoms with Gasteiger partial charge in [0.05, 0.1) is 18.5 Å². The normalized spacial score (nSPS) is 14.7. The minimum absolute atomic E-state index is 0.0645.